The van der Waals surface area contributed by atoms with E-state index in [1.165, 1.54) is 0 Å². The maximum Gasteiger partial charge on any atom is 0.313 e. The number of ether oxygens (including phenoxy) is 1. The first-order chi connectivity index (χ1) is 14.5. The van der Waals surface area contributed by atoms with E-state index in [0.29, 0.717) is 30.6 Å². The molecule has 1 amide bonds. The number of carbonyl (C=O) groups is 3. The zero-order valence-corrected chi connectivity index (χ0v) is 18.0. The highest BCUT2D eigenvalue weighted by Gasteiger charge is 2.36. The van der Waals surface area contributed by atoms with Gasteiger partial charge in [-0.3, -0.25) is 14.4 Å². The minimum Gasteiger partial charge on any atom is -0.460 e. The van der Waals surface area contributed by atoms with Crippen molar-refractivity contribution in [3.63, 3.8) is 0 Å². The van der Waals surface area contributed by atoms with Crippen molar-refractivity contribution in [1.82, 2.24) is 15.5 Å². The highest BCUT2D eigenvalue weighted by atomic mass is 79.9. The molecule has 3 aliphatic heterocycles. The SMILES string of the molecule is CCC(=O)NCC1CC(c2ccc(C(=O)C3=CNC4C=CC(Br)=CN34)cc2)C(=O)O1. The fraction of sp³-hybridized carbons (Fsp3) is 0.318. The molecule has 0 radical (unpaired) electrons. The number of fused-ring (bicyclic) bond motifs is 1. The summed E-state index contributed by atoms with van der Waals surface area (Å²) in [5.41, 5.74) is 1.91. The number of esters is 1. The molecule has 30 heavy (non-hydrogen) atoms. The Balaban J connectivity index is 1.42. The van der Waals surface area contributed by atoms with E-state index in [-0.39, 0.29) is 35.8 Å². The number of Topliss-reactive ketones (excluding diaryl/α,β-unsaturated/α-hetero) is 1. The first-order valence-electron chi connectivity index (χ1n) is 9.88. The van der Waals surface area contributed by atoms with E-state index in [4.69, 9.17) is 4.74 Å². The highest BCUT2D eigenvalue weighted by Crippen LogP contribution is 2.32. The number of amides is 1. The summed E-state index contributed by atoms with van der Waals surface area (Å²) in [4.78, 5) is 38.5. The fourth-order valence-electron chi connectivity index (χ4n) is 3.73. The van der Waals surface area contributed by atoms with E-state index in [2.05, 4.69) is 26.6 Å². The first-order valence-corrected chi connectivity index (χ1v) is 10.7. The van der Waals surface area contributed by atoms with E-state index < -0.39 is 0 Å². The largest absolute Gasteiger partial charge is 0.460 e. The van der Waals surface area contributed by atoms with Crippen molar-refractivity contribution in [1.29, 1.82) is 0 Å². The number of hydrogen-bond donors (Lipinski definition) is 2. The second-order valence-corrected chi connectivity index (χ2v) is 8.29. The molecule has 7 nitrogen and oxygen atoms in total. The van der Waals surface area contributed by atoms with Gasteiger partial charge in [-0.1, -0.05) is 31.2 Å². The summed E-state index contributed by atoms with van der Waals surface area (Å²) in [6.07, 6.45) is 8.00. The Morgan fingerprint density at radius 3 is 2.80 bits per heavy atom. The summed E-state index contributed by atoms with van der Waals surface area (Å²) in [5, 5.41) is 5.93. The highest BCUT2D eigenvalue weighted by molar-refractivity contribution is 9.11. The van der Waals surface area contributed by atoms with Gasteiger partial charge in [0.05, 0.1) is 12.5 Å². The maximum atomic E-state index is 13.0. The molecule has 156 valence electrons. The van der Waals surface area contributed by atoms with Crippen molar-refractivity contribution < 1.29 is 19.1 Å². The van der Waals surface area contributed by atoms with Crippen molar-refractivity contribution in [2.45, 2.75) is 38.0 Å². The molecular weight excluding hydrogens is 450 g/mol. The third-order valence-corrected chi connectivity index (χ3v) is 5.86. The first kappa shape index (κ1) is 20.4. The minimum absolute atomic E-state index is 0.0667. The van der Waals surface area contributed by atoms with Gasteiger partial charge in [-0.2, -0.15) is 0 Å². The van der Waals surface area contributed by atoms with E-state index in [0.717, 1.165) is 10.0 Å². The van der Waals surface area contributed by atoms with Gasteiger partial charge in [0.25, 0.3) is 0 Å². The van der Waals surface area contributed by atoms with E-state index in [1.807, 2.05) is 23.3 Å². The standard InChI is InChI=1S/C22H22BrN3O4/c1-2-20(27)25-10-16-9-17(22(29)30-16)13-3-5-14(6-4-13)21(28)18-11-24-19-8-7-15(23)12-26(18)19/h3-8,11-12,16-17,19,24H,2,9-10H2,1H3,(H,25,27). The minimum atomic E-state index is -0.388. The molecule has 0 spiro atoms. The number of ketones is 1. The average molecular weight is 472 g/mol. The van der Waals surface area contributed by atoms with Crippen LogP contribution >= 0.6 is 15.9 Å². The number of rotatable bonds is 6. The Hall–Kier alpha value is -2.87. The molecule has 0 aromatic heterocycles. The molecule has 1 saturated heterocycles. The zero-order valence-electron chi connectivity index (χ0n) is 16.4. The second-order valence-electron chi connectivity index (χ2n) is 7.38. The summed E-state index contributed by atoms with van der Waals surface area (Å²) < 4.78 is 6.28. The van der Waals surface area contributed by atoms with Gasteiger partial charge in [0.15, 0.2) is 0 Å². The van der Waals surface area contributed by atoms with Crippen LogP contribution in [-0.4, -0.2) is 41.4 Å². The van der Waals surface area contributed by atoms with Crippen molar-refractivity contribution in [3.8, 4) is 0 Å². The quantitative estimate of drug-likeness (QED) is 0.489. The average Bonchev–Trinajstić information content (AvgIpc) is 3.34. The predicted molar refractivity (Wildman–Crippen MR) is 114 cm³/mol. The van der Waals surface area contributed by atoms with Crippen molar-refractivity contribution in [2.24, 2.45) is 0 Å². The molecule has 2 N–H and O–H groups in total. The molecule has 0 saturated carbocycles. The van der Waals surface area contributed by atoms with Crippen LogP contribution < -0.4 is 10.6 Å². The molecule has 1 aromatic rings. The number of carbonyl (C=O) groups excluding carboxylic acids is 3. The van der Waals surface area contributed by atoms with Gasteiger partial charge in [-0.15, -0.1) is 0 Å². The van der Waals surface area contributed by atoms with Gasteiger partial charge < -0.3 is 20.3 Å². The number of cyclic esters (lactones) is 1. The number of halogens is 1. The number of nitrogens with zero attached hydrogens (tertiary/aromatic N) is 1. The van der Waals surface area contributed by atoms with E-state index >= 15 is 0 Å². The lowest BCUT2D eigenvalue weighted by Crippen LogP contribution is -2.34. The van der Waals surface area contributed by atoms with Gasteiger partial charge in [0.2, 0.25) is 11.7 Å². The number of nitrogens with one attached hydrogen (secondary N) is 2. The summed E-state index contributed by atoms with van der Waals surface area (Å²) in [7, 11) is 0. The molecule has 1 aromatic carbocycles. The topological polar surface area (TPSA) is 87.7 Å². The van der Waals surface area contributed by atoms with Crippen LogP contribution in [0.2, 0.25) is 0 Å². The van der Waals surface area contributed by atoms with Gasteiger partial charge in [-0.25, -0.2) is 0 Å². The summed E-state index contributed by atoms with van der Waals surface area (Å²) in [6, 6.07) is 7.08. The molecule has 3 unspecified atom stereocenters. The van der Waals surface area contributed by atoms with Gasteiger partial charge in [0, 0.05) is 35.3 Å². The smallest absolute Gasteiger partial charge is 0.313 e. The molecule has 1 fully saturated rings. The molecule has 0 bridgehead atoms. The lowest BCUT2D eigenvalue weighted by Gasteiger charge is -2.25. The third kappa shape index (κ3) is 4.05. The number of hydrogen-bond acceptors (Lipinski definition) is 6. The maximum absolute atomic E-state index is 13.0. The molecule has 3 atom stereocenters. The van der Waals surface area contributed by atoms with Gasteiger partial charge in [-0.05, 0) is 33.6 Å². The van der Waals surface area contributed by atoms with Crippen LogP contribution in [0.3, 0.4) is 0 Å². The second kappa shape index (κ2) is 8.47. The van der Waals surface area contributed by atoms with Crippen molar-refractivity contribution in [2.75, 3.05) is 6.54 Å². The Labute approximate surface area is 183 Å². The van der Waals surface area contributed by atoms with E-state index in [9.17, 15) is 14.4 Å². The molecule has 4 rings (SSSR count). The van der Waals surface area contributed by atoms with Crippen LogP contribution in [0.5, 0.6) is 0 Å². The summed E-state index contributed by atoms with van der Waals surface area (Å²) >= 11 is 3.44. The normalized spacial score (nSPS) is 24.5. The summed E-state index contributed by atoms with van der Waals surface area (Å²) in [6.45, 7) is 2.09. The zero-order chi connectivity index (χ0) is 21.3. The monoisotopic (exact) mass is 471 g/mol. The summed E-state index contributed by atoms with van der Waals surface area (Å²) in [5.74, 6) is -0.857. The number of allylic oxidation sites excluding steroid dienone is 3. The lowest BCUT2D eigenvalue weighted by molar-refractivity contribution is -0.142. The lowest BCUT2D eigenvalue weighted by atomic mass is 9.94. The fourth-order valence-corrected chi connectivity index (χ4v) is 4.10. The Bertz CT molecular complexity index is 967. The molecule has 3 aliphatic rings. The van der Waals surface area contributed by atoms with E-state index in [1.54, 1.807) is 37.4 Å². The Kier molecular flexibility index (Phi) is 5.76. The van der Waals surface area contributed by atoms with Crippen LogP contribution in [0.4, 0.5) is 0 Å². The molecule has 0 aliphatic carbocycles. The predicted octanol–water partition coefficient (Wildman–Crippen LogP) is 2.67. The molecule has 3 heterocycles. The van der Waals surface area contributed by atoms with Crippen LogP contribution in [0.15, 0.2) is 59.0 Å². The van der Waals surface area contributed by atoms with Crippen molar-refractivity contribution in [3.05, 3.63) is 70.1 Å². The molecule has 8 heteroatoms. The number of benzene rings is 1. The van der Waals surface area contributed by atoms with Crippen LogP contribution in [0.1, 0.15) is 41.6 Å². The Morgan fingerprint density at radius 1 is 1.30 bits per heavy atom. The Morgan fingerprint density at radius 2 is 2.07 bits per heavy atom. The van der Waals surface area contributed by atoms with Gasteiger partial charge >= 0.3 is 5.97 Å². The van der Waals surface area contributed by atoms with Crippen LogP contribution in [-0.2, 0) is 14.3 Å². The van der Waals surface area contributed by atoms with Crippen molar-refractivity contribution >= 4 is 33.6 Å². The third-order valence-electron chi connectivity index (χ3n) is 5.39. The van der Waals surface area contributed by atoms with Gasteiger partial charge in [0.1, 0.15) is 18.0 Å². The van der Waals surface area contributed by atoms with Crippen LogP contribution in [0.25, 0.3) is 0 Å². The van der Waals surface area contributed by atoms with Crippen LogP contribution in [0, 0.1) is 0 Å². The molecular formula is C22H22BrN3O4.